The summed E-state index contributed by atoms with van der Waals surface area (Å²) in [6.07, 6.45) is 2.90. The van der Waals surface area contributed by atoms with Gasteiger partial charge in [-0.1, -0.05) is 12.8 Å². The zero-order valence-electron chi connectivity index (χ0n) is 10.8. The molecular formula is C13H16F2N4O. The highest BCUT2D eigenvalue weighted by Crippen LogP contribution is 2.29. The number of urea groups is 1. The van der Waals surface area contributed by atoms with Gasteiger partial charge in [-0.25, -0.2) is 13.6 Å². The third-order valence-corrected chi connectivity index (χ3v) is 3.50. The zero-order chi connectivity index (χ0) is 14.8. The molecule has 0 atom stereocenters. The number of amidine groups is 1. The zero-order valence-corrected chi connectivity index (χ0v) is 10.8. The van der Waals surface area contributed by atoms with Gasteiger partial charge >= 0.3 is 6.03 Å². The lowest BCUT2D eigenvalue weighted by Crippen LogP contribution is -2.56. The van der Waals surface area contributed by atoms with E-state index in [0.29, 0.717) is 18.9 Å². The number of benzene rings is 1. The van der Waals surface area contributed by atoms with E-state index in [1.165, 1.54) is 0 Å². The summed E-state index contributed by atoms with van der Waals surface area (Å²) in [5, 5.41) is 12.5. The van der Waals surface area contributed by atoms with Crippen LogP contribution in [-0.2, 0) is 0 Å². The van der Waals surface area contributed by atoms with Crippen LogP contribution in [0.2, 0.25) is 0 Å². The van der Waals surface area contributed by atoms with E-state index in [9.17, 15) is 13.6 Å². The van der Waals surface area contributed by atoms with Gasteiger partial charge < -0.3 is 16.4 Å². The van der Waals surface area contributed by atoms with Gasteiger partial charge in [0.05, 0.1) is 11.2 Å². The van der Waals surface area contributed by atoms with Gasteiger partial charge in [0, 0.05) is 6.07 Å². The SMILES string of the molecule is N=C(N)C1(NC(=O)Nc2ccc(F)cc2F)CCCC1. The first-order valence-corrected chi connectivity index (χ1v) is 6.32. The minimum absolute atomic E-state index is 0.107. The van der Waals surface area contributed by atoms with Crippen LogP contribution in [-0.4, -0.2) is 17.4 Å². The van der Waals surface area contributed by atoms with E-state index in [-0.39, 0.29) is 11.5 Å². The van der Waals surface area contributed by atoms with E-state index < -0.39 is 23.2 Å². The Morgan fingerprint density at radius 2 is 1.95 bits per heavy atom. The molecular weight excluding hydrogens is 266 g/mol. The molecule has 20 heavy (non-hydrogen) atoms. The fourth-order valence-electron chi connectivity index (χ4n) is 2.40. The molecule has 5 N–H and O–H groups in total. The molecule has 1 fully saturated rings. The van der Waals surface area contributed by atoms with Gasteiger partial charge in [-0.05, 0) is 25.0 Å². The van der Waals surface area contributed by atoms with Crippen LogP contribution in [0.15, 0.2) is 18.2 Å². The van der Waals surface area contributed by atoms with E-state index >= 15 is 0 Å². The monoisotopic (exact) mass is 282 g/mol. The van der Waals surface area contributed by atoms with Crippen molar-refractivity contribution in [3.8, 4) is 0 Å². The Kier molecular flexibility index (Phi) is 3.87. The van der Waals surface area contributed by atoms with Crippen molar-refractivity contribution in [1.29, 1.82) is 5.41 Å². The van der Waals surface area contributed by atoms with E-state index in [4.69, 9.17) is 11.1 Å². The first-order valence-electron chi connectivity index (χ1n) is 6.32. The summed E-state index contributed by atoms with van der Waals surface area (Å²) in [7, 11) is 0. The molecule has 0 unspecified atom stereocenters. The van der Waals surface area contributed by atoms with Crippen LogP contribution in [0, 0.1) is 17.0 Å². The molecule has 1 aliphatic carbocycles. The van der Waals surface area contributed by atoms with Gasteiger partial charge in [0.2, 0.25) is 0 Å². The quantitative estimate of drug-likeness (QED) is 0.506. The molecule has 0 spiro atoms. The molecule has 2 amide bonds. The van der Waals surface area contributed by atoms with Gasteiger partial charge in [-0.2, -0.15) is 0 Å². The molecule has 2 rings (SSSR count). The summed E-state index contributed by atoms with van der Waals surface area (Å²) >= 11 is 0. The second-order valence-electron chi connectivity index (χ2n) is 4.91. The number of halogens is 2. The van der Waals surface area contributed by atoms with E-state index in [1.807, 2.05) is 0 Å². The predicted molar refractivity (Wildman–Crippen MR) is 71.6 cm³/mol. The van der Waals surface area contributed by atoms with E-state index in [0.717, 1.165) is 25.0 Å². The molecule has 0 aromatic heterocycles. The van der Waals surface area contributed by atoms with Crippen LogP contribution in [0.3, 0.4) is 0 Å². The van der Waals surface area contributed by atoms with E-state index in [2.05, 4.69) is 10.6 Å². The third-order valence-electron chi connectivity index (χ3n) is 3.50. The van der Waals surface area contributed by atoms with Gasteiger partial charge in [0.25, 0.3) is 0 Å². The van der Waals surface area contributed by atoms with Crippen LogP contribution in [0.4, 0.5) is 19.3 Å². The van der Waals surface area contributed by atoms with Crippen molar-refractivity contribution >= 4 is 17.6 Å². The number of nitrogens with two attached hydrogens (primary N) is 1. The van der Waals surface area contributed by atoms with Crippen LogP contribution in [0.5, 0.6) is 0 Å². The Morgan fingerprint density at radius 3 is 2.50 bits per heavy atom. The number of hydrogen-bond acceptors (Lipinski definition) is 2. The number of anilines is 1. The molecule has 1 aliphatic rings. The van der Waals surface area contributed by atoms with Crippen molar-refractivity contribution in [3.05, 3.63) is 29.8 Å². The van der Waals surface area contributed by atoms with E-state index in [1.54, 1.807) is 0 Å². The summed E-state index contributed by atoms with van der Waals surface area (Å²) in [6.45, 7) is 0. The molecule has 1 aromatic carbocycles. The number of hydrogen-bond donors (Lipinski definition) is 4. The lowest BCUT2D eigenvalue weighted by atomic mass is 9.96. The molecule has 1 saturated carbocycles. The number of carbonyl (C=O) groups is 1. The van der Waals surface area contributed by atoms with Crippen LogP contribution in [0.25, 0.3) is 0 Å². The van der Waals surface area contributed by atoms with Gasteiger partial charge in [-0.15, -0.1) is 0 Å². The maximum atomic E-state index is 13.4. The molecule has 0 radical (unpaired) electrons. The lowest BCUT2D eigenvalue weighted by Gasteiger charge is -2.28. The molecule has 7 heteroatoms. The lowest BCUT2D eigenvalue weighted by molar-refractivity contribution is 0.244. The summed E-state index contributed by atoms with van der Waals surface area (Å²) in [6, 6.07) is 2.22. The Hall–Kier alpha value is -2.18. The minimum Gasteiger partial charge on any atom is -0.386 e. The second kappa shape index (κ2) is 5.44. The molecule has 0 aliphatic heterocycles. The molecule has 0 saturated heterocycles. The highest BCUT2D eigenvalue weighted by atomic mass is 19.1. The normalized spacial score (nSPS) is 16.7. The number of amides is 2. The fourth-order valence-corrected chi connectivity index (χ4v) is 2.40. The molecule has 0 heterocycles. The summed E-state index contributed by atoms with van der Waals surface area (Å²) in [4.78, 5) is 11.9. The molecule has 1 aromatic rings. The second-order valence-corrected chi connectivity index (χ2v) is 4.91. The van der Waals surface area contributed by atoms with Crippen molar-refractivity contribution in [2.24, 2.45) is 5.73 Å². The van der Waals surface area contributed by atoms with Crippen molar-refractivity contribution in [1.82, 2.24) is 5.32 Å². The Labute approximate surface area is 115 Å². The summed E-state index contributed by atoms with van der Waals surface area (Å²) in [5.41, 5.74) is 4.56. The highest BCUT2D eigenvalue weighted by molar-refractivity contribution is 5.96. The highest BCUT2D eigenvalue weighted by Gasteiger charge is 2.38. The maximum Gasteiger partial charge on any atom is 0.320 e. The largest absolute Gasteiger partial charge is 0.386 e. The van der Waals surface area contributed by atoms with Crippen molar-refractivity contribution in [3.63, 3.8) is 0 Å². The van der Waals surface area contributed by atoms with Crippen LogP contribution >= 0.6 is 0 Å². The average Bonchev–Trinajstić information content (AvgIpc) is 2.82. The minimum atomic E-state index is -0.861. The number of nitrogens with one attached hydrogen (secondary N) is 3. The van der Waals surface area contributed by atoms with Gasteiger partial charge in [0.15, 0.2) is 0 Å². The number of rotatable bonds is 3. The fraction of sp³-hybridized carbons (Fsp3) is 0.385. The maximum absolute atomic E-state index is 13.4. The first-order chi connectivity index (χ1) is 9.43. The Balaban J connectivity index is 2.07. The average molecular weight is 282 g/mol. The van der Waals surface area contributed by atoms with Crippen molar-refractivity contribution < 1.29 is 13.6 Å². The Morgan fingerprint density at radius 1 is 1.30 bits per heavy atom. The number of carbonyl (C=O) groups excluding carboxylic acids is 1. The first kappa shape index (κ1) is 14.2. The summed E-state index contributed by atoms with van der Waals surface area (Å²) in [5.74, 6) is -1.68. The smallest absolute Gasteiger partial charge is 0.320 e. The van der Waals surface area contributed by atoms with Crippen LogP contribution < -0.4 is 16.4 Å². The topological polar surface area (TPSA) is 91.0 Å². The van der Waals surface area contributed by atoms with Crippen molar-refractivity contribution in [2.75, 3.05) is 5.32 Å². The third kappa shape index (κ3) is 2.87. The summed E-state index contributed by atoms with van der Waals surface area (Å²) < 4.78 is 26.2. The molecule has 5 nitrogen and oxygen atoms in total. The van der Waals surface area contributed by atoms with Crippen LogP contribution in [0.1, 0.15) is 25.7 Å². The molecule has 0 bridgehead atoms. The molecule has 108 valence electrons. The van der Waals surface area contributed by atoms with Crippen molar-refractivity contribution in [2.45, 2.75) is 31.2 Å². The standard InChI is InChI=1S/C13H16F2N4O/c14-8-3-4-10(9(15)7-8)18-12(20)19-13(11(16)17)5-1-2-6-13/h3-4,7H,1-2,5-6H2,(H3,16,17)(H2,18,19,20). The van der Waals surface area contributed by atoms with Gasteiger partial charge in [0.1, 0.15) is 17.5 Å². The Bertz CT molecular complexity index is 541. The van der Waals surface area contributed by atoms with Gasteiger partial charge in [-0.3, -0.25) is 5.41 Å². The predicted octanol–water partition coefficient (Wildman–Crippen LogP) is 2.34.